The number of thiophene rings is 1. The van der Waals surface area contributed by atoms with E-state index in [1.165, 1.54) is 0 Å². The van der Waals surface area contributed by atoms with E-state index in [2.05, 4.69) is 10.1 Å². The van der Waals surface area contributed by atoms with Gasteiger partial charge in [0, 0.05) is 5.56 Å². The summed E-state index contributed by atoms with van der Waals surface area (Å²) in [6.45, 7) is 0.235. The summed E-state index contributed by atoms with van der Waals surface area (Å²) >= 11 is 1.57. The minimum Gasteiger partial charge on any atom is -0.493 e. The van der Waals surface area contributed by atoms with Crippen LogP contribution in [0.25, 0.3) is 10.8 Å². The van der Waals surface area contributed by atoms with Crippen molar-refractivity contribution in [1.82, 2.24) is 4.98 Å². The first kappa shape index (κ1) is 16.1. The van der Waals surface area contributed by atoms with E-state index >= 15 is 0 Å². The minimum absolute atomic E-state index is 0.235. The second-order valence-electron chi connectivity index (χ2n) is 4.74. The Morgan fingerprint density at radius 3 is 2.83 bits per heavy atom. The highest BCUT2D eigenvalue weighted by Gasteiger charge is 2.07. The molecule has 3 rings (SSSR count). The lowest BCUT2D eigenvalue weighted by Crippen LogP contribution is -1.93. The summed E-state index contributed by atoms with van der Waals surface area (Å²) in [4.78, 5) is 10.6. The Morgan fingerprint density at radius 1 is 1.21 bits per heavy atom. The zero-order valence-corrected chi connectivity index (χ0v) is 14.1. The highest BCUT2D eigenvalue weighted by Crippen LogP contribution is 2.27. The molecule has 0 fully saturated rings. The maximum Gasteiger partial charge on any atom is 0.236 e. The van der Waals surface area contributed by atoms with Gasteiger partial charge >= 0.3 is 0 Å². The van der Waals surface area contributed by atoms with Crippen molar-refractivity contribution in [3.63, 3.8) is 0 Å². The lowest BCUT2D eigenvalue weighted by Gasteiger charge is -2.07. The summed E-state index contributed by atoms with van der Waals surface area (Å²) in [7, 11) is 3.18. The van der Waals surface area contributed by atoms with Crippen molar-refractivity contribution in [2.75, 3.05) is 14.2 Å². The summed E-state index contributed by atoms with van der Waals surface area (Å²) < 4.78 is 15.8. The van der Waals surface area contributed by atoms with Crippen molar-refractivity contribution < 1.29 is 18.7 Å². The standard InChI is InChI=1S/C17H16N2O4S/c1-20-14-6-5-12(8-15(14)21-2)9-18-23-11-13-10-22-17(19-13)16-4-3-7-24-16/h3-10H,11H2,1-2H3/b18-9+. The van der Waals surface area contributed by atoms with E-state index in [0.717, 1.165) is 10.4 Å². The first-order chi connectivity index (χ1) is 11.8. The van der Waals surface area contributed by atoms with E-state index < -0.39 is 0 Å². The van der Waals surface area contributed by atoms with Crippen LogP contribution in [0.2, 0.25) is 0 Å². The van der Waals surface area contributed by atoms with E-state index in [-0.39, 0.29) is 6.61 Å². The van der Waals surface area contributed by atoms with Gasteiger partial charge in [0.2, 0.25) is 5.89 Å². The minimum atomic E-state index is 0.235. The van der Waals surface area contributed by atoms with Gasteiger partial charge in [-0.05, 0) is 29.6 Å². The van der Waals surface area contributed by atoms with Gasteiger partial charge in [-0.15, -0.1) is 11.3 Å². The van der Waals surface area contributed by atoms with Crippen LogP contribution in [-0.4, -0.2) is 25.4 Å². The van der Waals surface area contributed by atoms with E-state index in [4.69, 9.17) is 18.7 Å². The zero-order chi connectivity index (χ0) is 16.8. The first-order valence-electron chi connectivity index (χ1n) is 7.16. The van der Waals surface area contributed by atoms with Crippen LogP contribution in [0.5, 0.6) is 11.5 Å². The summed E-state index contributed by atoms with van der Waals surface area (Å²) in [5.41, 5.74) is 1.52. The normalized spacial score (nSPS) is 10.9. The molecule has 0 aliphatic carbocycles. The molecule has 0 amide bonds. The van der Waals surface area contributed by atoms with Gasteiger partial charge in [0.1, 0.15) is 12.0 Å². The molecule has 7 heteroatoms. The number of hydrogen-bond donors (Lipinski definition) is 0. The molecule has 2 aromatic heterocycles. The lowest BCUT2D eigenvalue weighted by molar-refractivity contribution is 0.129. The molecule has 24 heavy (non-hydrogen) atoms. The number of hydrogen-bond acceptors (Lipinski definition) is 7. The van der Waals surface area contributed by atoms with Gasteiger partial charge in [-0.3, -0.25) is 0 Å². The maximum absolute atomic E-state index is 5.42. The number of oxime groups is 1. The Hall–Kier alpha value is -2.80. The van der Waals surface area contributed by atoms with Crippen LogP contribution in [-0.2, 0) is 11.4 Å². The molecule has 0 unspecified atom stereocenters. The molecule has 0 saturated heterocycles. The van der Waals surface area contributed by atoms with Crippen LogP contribution in [0.4, 0.5) is 0 Å². The summed E-state index contributed by atoms with van der Waals surface area (Å²) in [5, 5.41) is 5.91. The van der Waals surface area contributed by atoms with E-state index in [1.54, 1.807) is 38.0 Å². The summed E-state index contributed by atoms with van der Waals surface area (Å²) in [6, 6.07) is 9.39. The molecule has 0 radical (unpaired) electrons. The molecule has 124 valence electrons. The summed E-state index contributed by atoms with van der Waals surface area (Å²) in [5.74, 6) is 1.89. The average Bonchev–Trinajstić information content (AvgIpc) is 3.29. The Bertz CT molecular complexity index is 812. The van der Waals surface area contributed by atoms with Crippen LogP contribution in [0.15, 0.2) is 51.5 Å². The fourth-order valence-corrected chi connectivity index (χ4v) is 2.68. The predicted octanol–water partition coefficient (Wildman–Crippen LogP) is 3.97. The van der Waals surface area contributed by atoms with Gasteiger partial charge in [-0.1, -0.05) is 11.2 Å². The van der Waals surface area contributed by atoms with Gasteiger partial charge < -0.3 is 18.7 Å². The molecule has 0 N–H and O–H groups in total. The number of aromatic nitrogens is 1. The van der Waals surface area contributed by atoms with Crippen molar-refractivity contribution in [3.05, 3.63) is 53.2 Å². The molecule has 0 atom stereocenters. The molecule has 0 aliphatic rings. The third kappa shape index (κ3) is 3.75. The van der Waals surface area contributed by atoms with E-state index in [0.29, 0.717) is 23.1 Å². The molecular weight excluding hydrogens is 328 g/mol. The number of benzene rings is 1. The van der Waals surface area contributed by atoms with Crippen molar-refractivity contribution in [1.29, 1.82) is 0 Å². The molecular formula is C17H16N2O4S. The molecule has 6 nitrogen and oxygen atoms in total. The predicted molar refractivity (Wildman–Crippen MR) is 91.7 cm³/mol. The maximum atomic E-state index is 5.42. The van der Waals surface area contributed by atoms with Crippen molar-refractivity contribution in [2.24, 2.45) is 5.16 Å². The molecule has 0 bridgehead atoms. The van der Waals surface area contributed by atoms with Crippen LogP contribution >= 0.6 is 11.3 Å². The van der Waals surface area contributed by atoms with Crippen LogP contribution in [0, 0.1) is 0 Å². The summed E-state index contributed by atoms with van der Waals surface area (Å²) in [6.07, 6.45) is 3.17. The Morgan fingerprint density at radius 2 is 2.08 bits per heavy atom. The molecule has 0 spiro atoms. The SMILES string of the molecule is COc1ccc(/C=N/OCc2coc(-c3cccs3)n2)cc1OC. The fraction of sp³-hybridized carbons (Fsp3) is 0.176. The van der Waals surface area contributed by atoms with Crippen LogP contribution < -0.4 is 9.47 Å². The van der Waals surface area contributed by atoms with Crippen LogP contribution in [0.1, 0.15) is 11.3 Å². The first-order valence-corrected chi connectivity index (χ1v) is 8.03. The molecule has 0 saturated carbocycles. The second kappa shape index (κ2) is 7.65. The van der Waals surface area contributed by atoms with Crippen molar-refractivity contribution in [2.45, 2.75) is 6.61 Å². The Kier molecular flexibility index (Phi) is 5.12. The molecule has 0 aliphatic heterocycles. The van der Waals surface area contributed by atoms with Crippen LogP contribution in [0.3, 0.4) is 0 Å². The molecule has 2 heterocycles. The second-order valence-corrected chi connectivity index (χ2v) is 5.69. The average molecular weight is 344 g/mol. The largest absolute Gasteiger partial charge is 0.493 e. The van der Waals surface area contributed by atoms with Gasteiger partial charge in [0.15, 0.2) is 18.1 Å². The third-order valence-electron chi connectivity index (χ3n) is 3.18. The highest BCUT2D eigenvalue weighted by molar-refractivity contribution is 7.13. The van der Waals surface area contributed by atoms with Gasteiger partial charge in [0.25, 0.3) is 0 Å². The van der Waals surface area contributed by atoms with E-state index in [9.17, 15) is 0 Å². The number of oxazole rings is 1. The molecule has 3 aromatic rings. The topological polar surface area (TPSA) is 66.1 Å². The van der Waals surface area contributed by atoms with E-state index in [1.807, 2.05) is 35.7 Å². The monoisotopic (exact) mass is 344 g/mol. The van der Waals surface area contributed by atoms with Crippen molar-refractivity contribution >= 4 is 17.6 Å². The van der Waals surface area contributed by atoms with Gasteiger partial charge in [-0.25, -0.2) is 4.98 Å². The Balaban J connectivity index is 1.57. The third-order valence-corrected chi connectivity index (χ3v) is 4.04. The fourth-order valence-electron chi connectivity index (χ4n) is 2.02. The lowest BCUT2D eigenvalue weighted by atomic mass is 10.2. The number of rotatable bonds is 7. The van der Waals surface area contributed by atoms with Crippen molar-refractivity contribution in [3.8, 4) is 22.3 Å². The smallest absolute Gasteiger partial charge is 0.236 e. The van der Waals surface area contributed by atoms with Gasteiger partial charge in [0.05, 0.1) is 25.3 Å². The highest BCUT2D eigenvalue weighted by atomic mass is 32.1. The number of ether oxygens (including phenoxy) is 2. The Labute approximate surface area is 143 Å². The number of nitrogens with zero attached hydrogens (tertiary/aromatic N) is 2. The van der Waals surface area contributed by atoms with Gasteiger partial charge in [-0.2, -0.15) is 0 Å². The molecule has 1 aromatic carbocycles. The number of methoxy groups -OCH3 is 2. The zero-order valence-electron chi connectivity index (χ0n) is 13.3. The quantitative estimate of drug-likeness (QED) is 0.479.